The molecule has 2 aromatic carbocycles. The number of benzene rings is 2. The summed E-state index contributed by atoms with van der Waals surface area (Å²) in [6.07, 6.45) is -4.27. The van der Waals surface area contributed by atoms with Gasteiger partial charge in [0.1, 0.15) is 5.82 Å². The molecule has 0 amide bonds. The molecule has 0 N–H and O–H groups in total. The molecule has 0 aliphatic rings. The lowest BCUT2D eigenvalue weighted by Gasteiger charge is -2.17. The van der Waals surface area contributed by atoms with Gasteiger partial charge in [0, 0.05) is 4.83 Å². The van der Waals surface area contributed by atoms with Crippen molar-refractivity contribution in [2.75, 3.05) is 0 Å². The van der Waals surface area contributed by atoms with Crippen molar-refractivity contribution in [2.45, 2.75) is 17.4 Å². The third-order valence-electron chi connectivity index (χ3n) is 2.96. The monoisotopic (exact) mass is 346 g/mol. The fourth-order valence-corrected chi connectivity index (χ4v) is 2.74. The Kier molecular flexibility index (Phi) is 4.48. The molecular weight excluding hydrogens is 336 g/mol. The van der Waals surface area contributed by atoms with Crippen LogP contribution in [0, 0.1) is 5.82 Å². The quantitative estimate of drug-likeness (QED) is 0.506. The van der Waals surface area contributed by atoms with Crippen molar-refractivity contribution in [3.05, 3.63) is 71.0 Å². The third-order valence-corrected chi connectivity index (χ3v) is 3.78. The van der Waals surface area contributed by atoms with E-state index in [0.717, 1.165) is 6.07 Å². The highest BCUT2D eigenvalue weighted by molar-refractivity contribution is 9.09. The minimum absolute atomic E-state index is 0.114. The van der Waals surface area contributed by atoms with Gasteiger partial charge in [0.15, 0.2) is 0 Å². The lowest BCUT2D eigenvalue weighted by atomic mass is 9.99. The lowest BCUT2D eigenvalue weighted by Crippen LogP contribution is -2.11. The second-order valence-corrected chi connectivity index (χ2v) is 5.45. The molecule has 2 rings (SSSR count). The van der Waals surface area contributed by atoms with Gasteiger partial charge in [-0.25, -0.2) is 4.39 Å². The average molecular weight is 347 g/mol. The highest BCUT2D eigenvalue weighted by Crippen LogP contribution is 2.38. The van der Waals surface area contributed by atoms with Gasteiger partial charge in [-0.05, 0) is 29.7 Å². The van der Waals surface area contributed by atoms with Crippen molar-refractivity contribution in [1.82, 2.24) is 0 Å². The van der Waals surface area contributed by atoms with Crippen LogP contribution in [-0.2, 0) is 12.6 Å². The standard InChI is InChI=1S/C15H11BrF4/c16-13(9-10-5-1-4-8-14(10)17)11-6-2-3-7-12(11)15(18,19)20/h1-8,13H,9H2. The van der Waals surface area contributed by atoms with Gasteiger partial charge in [-0.2, -0.15) is 13.2 Å². The summed E-state index contributed by atoms with van der Waals surface area (Å²) >= 11 is 3.23. The number of halogens is 5. The first kappa shape index (κ1) is 15.0. The van der Waals surface area contributed by atoms with E-state index in [-0.39, 0.29) is 12.0 Å². The molecule has 2 aromatic rings. The van der Waals surface area contributed by atoms with Crippen LogP contribution in [0.15, 0.2) is 48.5 Å². The molecule has 0 spiro atoms. The largest absolute Gasteiger partial charge is 0.416 e. The number of rotatable bonds is 3. The van der Waals surface area contributed by atoms with Crippen molar-refractivity contribution < 1.29 is 17.6 Å². The summed E-state index contributed by atoms with van der Waals surface area (Å²) in [4.78, 5) is -0.600. The maximum absolute atomic E-state index is 13.6. The highest BCUT2D eigenvalue weighted by Gasteiger charge is 2.34. The molecule has 0 heterocycles. The highest BCUT2D eigenvalue weighted by atomic mass is 79.9. The van der Waals surface area contributed by atoms with E-state index in [1.807, 2.05) is 0 Å². The zero-order valence-electron chi connectivity index (χ0n) is 10.3. The Balaban J connectivity index is 2.31. The van der Waals surface area contributed by atoms with E-state index >= 15 is 0 Å². The minimum atomic E-state index is -4.42. The predicted octanol–water partition coefficient (Wildman–Crippen LogP) is 5.52. The molecule has 0 radical (unpaired) electrons. The van der Waals surface area contributed by atoms with E-state index in [2.05, 4.69) is 15.9 Å². The molecule has 0 fully saturated rings. The summed E-state index contributed by atoms with van der Waals surface area (Å²) in [5.74, 6) is -0.415. The van der Waals surface area contributed by atoms with Crippen molar-refractivity contribution in [3.8, 4) is 0 Å². The van der Waals surface area contributed by atoms with Gasteiger partial charge in [-0.3, -0.25) is 0 Å². The molecule has 0 aliphatic carbocycles. The first-order valence-corrected chi connectivity index (χ1v) is 6.84. The topological polar surface area (TPSA) is 0 Å². The minimum Gasteiger partial charge on any atom is -0.207 e. The summed E-state index contributed by atoms with van der Waals surface area (Å²) in [7, 11) is 0. The number of alkyl halides is 4. The van der Waals surface area contributed by atoms with Gasteiger partial charge in [0.2, 0.25) is 0 Å². The zero-order chi connectivity index (χ0) is 14.8. The van der Waals surface area contributed by atoms with Crippen molar-refractivity contribution in [2.24, 2.45) is 0 Å². The number of hydrogen-bond acceptors (Lipinski definition) is 0. The van der Waals surface area contributed by atoms with E-state index < -0.39 is 22.4 Å². The molecule has 1 atom stereocenters. The second-order valence-electron chi connectivity index (χ2n) is 4.35. The molecule has 0 bridgehead atoms. The van der Waals surface area contributed by atoms with Crippen LogP contribution in [0.5, 0.6) is 0 Å². The van der Waals surface area contributed by atoms with Crippen LogP contribution in [0.3, 0.4) is 0 Å². The molecular formula is C15H11BrF4. The summed E-state index contributed by atoms with van der Waals surface area (Å²) in [5, 5.41) is 0. The molecule has 0 saturated carbocycles. The fraction of sp³-hybridized carbons (Fsp3) is 0.200. The molecule has 0 aliphatic heterocycles. The molecule has 0 nitrogen and oxygen atoms in total. The van der Waals surface area contributed by atoms with Gasteiger partial charge in [-0.1, -0.05) is 52.3 Å². The van der Waals surface area contributed by atoms with Gasteiger partial charge in [0.25, 0.3) is 0 Å². The maximum Gasteiger partial charge on any atom is 0.416 e. The molecule has 106 valence electrons. The summed E-state index contributed by atoms with van der Waals surface area (Å²) in [5.41, 5.74) is -0.201. The van der Waals surface area contributed by atoms with Gasteiger partial charge in [-0.15, -0.1) is 0 Å². The molecule has 1 unspecified atom stereocenters. The maximum atomic E-state index is 13.6. The van der Waals surface area contributed by atoms with E-state index in [0.29, 0.717) is 5.56 Å². The lowest BCUT2D eigenvalue weighted by molar-refractivity contribution is -0.138. The van der Waals surface area contributed by atoms with Crippen molar-refractivity contribution in [1.29, 1.82) is 0 Å². The van der Waals surface area contributed by atoms with Gasteiger partial charge in [0.05, 0.1) is 5.56 Å². The van der Waals surface area contributed by atoms with Crippen molar-refractivity contribution in [3.63, 3.8) is 0 Å². The zero-order valence-corrected chi connectivity index (χ0v) is 11.9. The Hall–Kier alpha value is -1.36. The normalized spacial score (nSPS) is 13.2. The van der Waals surface area contributed by atoms with E-state index in [9.17, 15) is 17.6 Å². The molecule has 0 saturated heterocycles. The molecule has 0 aromatic heterocycles. The van der Waals surface area contributed by atoms with Crippen LogP contribution in [0.25, 0.3) is 0 Å². The van der Waals surface area contributed by atoms with Crippen molar-refractivity contribution >= 4 is 15.9 Å². The first-order chi connectivity index (χ1) is 9.39. The number of hydrogen-bond donors (Lipinski definition) is 0. The van der Waals surface area contributed by atoms with E-state index in [1.165, 1.54) is 18.2 Å². The molecule has 20 heavy (non-hydrogen) atoms. The third kappa shape index (κ3) is 3.39. The smallest absolute Gasteiger partial charge is 0.207 e. The Morgan fingerprint density at radius 1 is 0.950 bits per heavy atom. The van der Waals surface area contributed by atoms with Crippen LogP contribution in [0.4, 0.5) is 17.6 Å². The van der Waals surface area contributed by atoms with Crippen LogP contribution in [0.1, 0.15) is 21.5 Å². The summed E-state index contributed by atoms with van der Waals surface area (Å²) in [6.45, 7) is 0. The summed E-state index contributed by atoms with van der Waals surface area (Å²) in [6, 6.07) is 11.4. The van der Waals surface area contributed by atoms with E-state index in [1.54, 1.807) is 24.3 Å². The van der Waals surface area contributed by atoms with Crippen LogP contribution >= 0.6 is 15.9 Å². The average Bonchev–Trinajstić information content (AvgIpc) is 2.40. The fourth-order valence-electron chi connectivity index (χ4n) is 2.00. The SMILES string of the molecule is Fc1ccccc1CC(Br)c1ccccc1C(F)(F)F. The second kappa shape index (κ2) is 5.95. The Morgan fingerprint density at radius 2 is 1.55 bits per heavy atom. The summed E-state index contributed by atoms with van der Waals surface area (Å²) < 4.78 is 52.4. The van der Waals surface area contributed by atoms with Crippen LogP contribution in [0.2, 0.25) is 0 Å². The molecule has 5 heteroatoms. The predicted molar refractivity (Wildman–Crippen MR) is 73.2 cm³/mol. The van der Waals surface area contributed by atoms with Crippen LogP contribution < -0.4 is 0 Å². The van der Waals surface area contributed by atoms with E-state index in [4.69, 9.17) is 0 Å². The Morgan fingerprint density at radius 3 is 2.20 bits per heavy atom. The van der Waals surface area contributed by atoms with Gasteiger partial charge >= 0.3 is 6.18 Å². The van der Waals surface area contributed by atoms with Crippen LogP contribution in [-0.4, -0.2) is 0 Å². The van der Waals surface area contributed by atoms with Gasteiger partial charge < -0.3 is 0 Å². The Bertz CT molecular complexity index is 592. The Labute approximate surface area is 122 Å². The first-order valence-electron chi connectivity index (χ1n) is 5.93.